The lowest BCUT2D eigenvalue weighted by Crippen LogP contribution is -2.48. The van der Waals surface area contributed by atoms with Crippen molar-refractivity contribution in [1.82, 2.24) is 9.29 Å². The van der Waals surface area contributed by atoms with E-state index >= 15 is 0 Å². The minimum absolute atomic E-state index is 0.122. The van der Waals surface area contributed by atoms with Crippen molar-refractivity contribution in [2.24, 2.45) is 0 Å². The lowest BCUT2D eigenvalue weighted by atomic mass is 10.0. The van der Waals surface area contributed by atoms with Gasteiger partial charge in [-0.2, -0.15) is 22.7 Å². The van der Waals surface area contributed by atoms with E-state index in [-0.39, 0.29) is 16.3 Å². The van der Waals surface area contributed by atoms with E-state index in [9.17, 15) is 36.2 Å². The first-order chi connectivity index (χ1) is 14.3. The average molecular weight is 481 g/mol. The molecule has 0 bridgehead atoms. The molecule has 8 nitrogen and oxygen atoms in total. The van der Waals surface area contributed by atoms with Crippen LogP contribution in [0.1, 0.15) is 16.3 Å². The Bertz CT molecular complexity index is 1150. The first-order valence-electron chi connectivity index (χ1n) is 8.56. The van der Waals surface area contributed by atoms with Crippen LogP contribution in [0.4, 0.5) is 17.6 Å². The van der Waals surface area contributed by atoms with Crippen molar-refractivity contribution < 1.29 is 40.9 Å². The molecule has 14 heteroatoms. The third-order valence-electron chi connectivity index (χ3n) is 4.58. The number of nitriles is 1. The van der Waals surface area contributed by atoms with Crippen LogP contribution in [-0.4, -0.2) is 59.3 Å². The van der Waals surface area contributed by atoms with E-state index in [0.29, 0.717) is 15.6 Å². The molecule has 1 aliphatic heterocycles. The summed E-state index contributed by atoms with van der Waals surface area (Å²) >= 11 is 0.328. The number of β-amino-alcohol motifs (C(OH)–C–C–N with tert-alkyl or cyclic N) is 1. The molecule has 0 amide bonds. The molecule has 1 aromatic carbocycles. The van der Waals surface area contributed by atoms with Crippen LogP contribution in [0.5, 0.6) is 5.75 Å². The summed E-state index contributed by atoms with van der Waals surface area (Å²) < 4.78 is 84.3. The molecule has 2 N–H and O–H groups in total. The van der Waals surface area contributed by atoms with Crippen LogP contribution in [0.2, 0.25) is 0 Å². The number of aliphatic hydroxyl groups excluding tert-OH is 1. The highest BCUT2D eigenvalue weighted by Gasteiger charge is 2.53. The molecule has 31 heavy (non-hydrogen) atoms. The number of thiazole rings is 1. The molecular weight excluding hydrogens is 466 g/mol. The molecule has 0 radical (unpaired) electrons. The second-order valence-electron chi connectivity index (χ2n) is 6.79. The number of hydrogen-bond acceptors (Lipinski definition) is 8. The van der Waals surface area contributed by atoms with Gasteiger partial charge < -0.3 is 14.9 Å². The third-order valence-corrected chi connectivity index (χ3v) is 7.85. The first-order valence-corrected chi connectivity index (χ1v) is 10.8. The maximum Gasteiger partial charge on any atom is 0.435 e. The number of benzene rings is 1. The van der Waals surface area contributed by atoms with Crippen molar-refractivity contribution in [2.45, 2.75) is 29.0 Å². The van der Waals surface area contributed by atoms with Crippen LogP contribution in [0.25, 0.3) is 0 Å². The summed E-state index contributed by atoms with van der Waals surface area (Å²) in [7, 11) is -4.76. The molecule has 2 atom stereocenters. The van der Waals surface area contributed by atoms with Gasteiger partial charge in [-0.15, -0.1) is 11.3 Å². The van der Waals surface area contributed by atoms with Gasteiger partial charge in [0.1, 0.15) is 29.3 Å². The smallest absolute Gasteiger partial charge is 0.435 e. The number of alkyl halides is 3. The molecule has 3 rings (SSSR count). The highest BCUT2D eigenvalue weighted by atomic mass is 32.2. The van der Waals surface area contributed by atoms with E-state index in [1.54, 1.807) is 6.07 Å². The summed E-state index contributed by atoms with van der Waals surface area (Å²) in [6.07, 6.45) is -6.45. The standard InChI is InChI=1S/C17H15F4N3O5S2/c1-9-23-14(17(19,20)21)15(30-9)31(27,28)24-6-13(16(26,7-24)8-25)29-11-3-2-10(5-22)12(18)4-11/h2-4,13,25-26H,6-8H2,1H3/t13-,16+/m0/s1. The van der Waals surface area contributed by atoms with E-state index in [1.807, 2.05) is 0 Å². The number of sulfonamides is 1. The van der Waals surface area contributed by atoms with Gasteiger partial charge in [-0.25, -0.2) is 17.8 Å². The lowest BCUT2D eigenvalue weighted by molar-refractivity contribution is -0.143. The Kier molecular flexibility index (Phi) is 6.02. The number of hydrogen-bond donors (Lipinski definition) is 2. The number of nitrogens with zero attached hydrogens (tertiary/aromatic N) is 3. The van der Waals surface area contributed by atoms with E-state index in [4.69, 9.17) is 10.00 Å². The zero-order chi connectivity index (χ0) is 23.2. The molecular formula is C17H15F4N3O5S2. The van der Waals surface area contributed by atoms with Gasteiger partial charge in [0.05, 0.1) is 23.7 Å². The van der Waals surface area contributed by atoms with E-state index in [2.05, 4.69) is 4.98 Å². The number of ether oxygens (including phenoxy) is 1. The fourth-order valence-corrected chi connectivity index (χ4v) is 6.14. The number of aromatic nitrogens is 1. The van der Waals surface area contributed by atoms with Gasteiger partial charge in [0.15, 0.2) is 9.90 Å². The van der Waals surface area contributed by atoms with Gasteiger partial charge in [0, 0.05) is 12.6 Å². The Hall–Kier alpha value is -2.31. The topological polar surface area (TPSA) is 124 Å². The third kappa shape index (κ3) is 4.37. The minimum Gasteiger partial charge on any atom is -0.486 e. The maximum atomic E-state index is 13.8. The quantitative estimate of drug-likeness (QED) is 0.623. The van der Waals surface area contributed by atoms with E-state index < -0.39 is 63.3 Å². The van der Waals surface area contributed by atoms with Crippen molar-refractivity contribution in [3.8, 4) is 11.8 Å². The van der Waals surface area contributed by atoms with Gasteiger partial charge >= 0.3 is 6.18 Å². The molecule has 1 aliphatic rings. The highest BCUT2D eigenvalue weighted by Crippen LogP contribution is 2.40. The molecule has 0 spiro atoms. The fourth-order valence-electron chi connectivity index (χ4n) is 3.01. The van der Waals surface area contributed by atoms with Crippen molar-refractivity contribution >= 4 is 21.4 Å². The molecule has 1 fully saturated rings. The van der Waals surface area contributed by atoms with Gasteiger partial charge in [-0.05, 0) is 19.1 Å². The van der Waals surface area contributed by atoms with E-state index in [1.165, 1.54) is 13.0 Å². The molecule has 0 aliphatic carbocycles. The lowest BCUT2D eigenvalue weighted by Gasteiger charge is -2.27. The molecule has 2 heterocycles. The van der Waals surface area contributed by atoms with Crippen molar-refractivity contribution in [3.63, 3.8) is 0 Å². The predicted octanol–water partition coefficient (Wildman–Crippen LogP) is 1.66. The molecule has 2 aromatic rings. The molecule has 168 valence electrons. The minimum atomic E-state index is -5.02. The summed E-state index contributed by atoms with van der Waals surface area (Å²) in [6, 6.07) is 4.74. The zero-order valence-corrected chi connectivity index (χ0v) is 17.4. The first kappa shape index (κ1) is 23.4. The Morgan fingerprint density at radius 3 is 2.68 bits per heavy atom. The van der Waals surface area contributed by atoms with Gasteiger partial charge in [0.2, 0.25) is 0 Å². The van der Waals surface area contributed by atoms with Crippen molar-refractivity contribution in [3.05, 3.63) is 40.3 Å². The van der Waals surface area contributed by atoms with Crippen molar-refractivity contribution in [1.29, 1.82) is 5.26 Å². The van der Waals surface area contributed by atoms with Crippen LogP contribution in [-0.2, 0) is 16.2 Å². The summed E-state index contributed by atoms with van der Waals surface area (Å²) in [5.74, 6) is -1.10. The molecule has 1 saturated heterocycles. The number of halogens is 4. The number of aliphatic hydroxyl groups is 2. The average Bonchev–Trinajstić information content (AvgIpc) is 3.24. The summed E-state index contributed by atoms with van der Waals surface area (Å²) in [4.78, 5) is 3.27. The van der Waals surface area contributed by atoms with Gasteiger partial charge in [-0.1, -0.05) is 0 Å². The Morgan fingerprint density at radius 2 is 2.13 bits per heavy atom. The SMILES string of the molecule is Cc1nc(C(F)(F)F)c(S(=O)(=O)N2C[C@H](Oc3ccc(C#N)c(F)c3)[C@](O)(CO)C2)s1. The van der Waals surface area contributed by atoms with Crippen LogP contribution >= 0.6 is 11.3 Å². The monoisotopic (exact) mass is 481 g/mol. The van der Waals surface area contributed by atoms with Crippen molar-refractivity contribution in [2.75, 3.05) is 19.7 Å². The van der Waals surface area contributed by atoms with Crippen LogP contribution in [0.15, 0.2) is 22.4 Å². The van der Waals surface area contributed by atoms with Crippen LogP contribution in [0, 0.1) is 24.1 Å². The summed E-state index contributed by atoms with van der Waals surface area (Å²) in [5, 5.41) is 28.9. The molecule has 1 aromatic heterocycles. The largest absolute Gasteiger partial charge is 0.486 e. The van der Waals surface area contributed by atoms with Gasteiger partial charge in [0.25, 0.3) is 10.0 Å². The maximum absolute atomic E-state index is 13.8. The van der Waals surface area contributed by atoms with Gasteiger partial charge in [-0.3, -0.25) is 0 Å². The zero-order valence-electron chi connectivity index (χ0n) is 15.7. The molecule has 0 saturated carbocycles. The van der Waals surface area contributed by atoms with E-state index in [0.717, 1.165) is 12.1 Å². The normalized spacial score (nSPS) is 22.5. The number of aryl methyl sites for hydroxylation is 1. The summed E-state index contributed by atoms with van der Waals surface area (Å²) in [5.41, 5.74) is -4.02. The van der Waals surface area contributed by atoms with Crippen LogP contribution < -0.4 is 4.74 Å². The Labute approximate surface area is 178 Å². The predicted molar refractivity (Wildman–Crippen MR) is 98.2 cm³/mol. The second-order valence-corrected chi connectivity index (χ2v) is 10.1. The Morgan fingerprint density at radius 1 is 1.45 bits per heavy atom. The Balaban J connectivity index is 1.93. The number of rotatable bonds is 5. The molecule has 0 unspecified atom stereocenters. The van der Waals surface area contributed by atoms with Crippen LogP contribution in [0.3, 0.4) is 0 Å². The highest BCUT2D eigenvalue weighted by molar-refractivity contribution is 7.91. The fraction of sp³-hybridized carbons (Fsp3) is 0.412. The second kappa shape index (κ2) is 7.99. The summed E-state index contributed by atoms with van der Waals surface area (Å²) in [6.45, 7) is -1.13.